The molecule has 1 aromatic rings. The highest BCUT2D eigenvalue weighted by atomic mass is 16.5. The van der Waals surface area contributed by atoms with E-state index in [4.69, 9.17) is 4.74 Å². The molecule has 8 heteroatoms. The molecule has 0 amide bonds. The molecule has 0 saturated heterocycles. The molecule has 0 heterocycles. The lowest BCUT2D eigenvalue weighted by atomic mass is 9.73. The number of Topliss-reactive ketones (excluding diaryl/α,β-unsaturated/α-hetero) is 3. The summed E-state index contributed by atoms with van der Waals surface area (Å²) < 4.78 is 5.34. The average Bonchev–Trinajstić information content (AvgIpc) is 2.69. The van der Waals surface area contributed by atoms with Crippen molar-refractivity contribution in [3.05, 3.63) is 39.4 Å². The zero-order chi connectivity index (χ0) is 23.8. The third-order valence-corrected chi connectivity index (χ3v) is 5.60. The number of hydrogen-bond donors (Lipinski definition) is 4. The van der Waals surface area contributed by atoms with Crippen LogP contribution in [0.2, 0.25) is 0 Å². The Morgan fingerprint density at radius 2 is 1.65 bits per heavy atom. The van der Waals surface area contributed by atoms with E-state index < -0.39 is 51.4 Å². The fraction of sp³-hybridized carbons (Fsp3) is 0.435. The number of aliphatic hydroxyl groups is 2. The van der Waals surface area contributed by atoms with Gasteiger partial charge in [0.15, 0.2) is 17.3 Å². The molecule has 8 nitrogen and oxygen atoms in total. The van der Waals surface area contributed by atoms with Crippen LogP contribution in [0.25, 0.3) is 0 Å². The second kappa shape index (κ2) is 8.45. The first-order valence-electron chi connectivity index (χ1n) is 9.89. The van der Waals surface area contributed by atoms with Crippen LogP contribution in [0.15, 0.2) is 22.7 Å². The minimum absolute atomic E-state index is 0.0248. The van der Waals surface area contributed by atoms with E-state index in [1.165, 1.54) is 27.9 Å². The van der Waals surface area contributed by atoms with Gasteiger partial charge in [-0.25, -0.2) is 0 Å². The third kappa shape index (κ3) is 3.78. The molecule has 4 N–H and O–H groups in total. The van der Waals surface area contributed by atoms with Gasteiger partial charge in [0.25, 0.3) is 0 Å². The highest BCUT2D eigenvalue weighted by Gasteiger charge is 2.44. The minimum Gasteiger partial charge on any atom is -0.511 e. The van der Waals surface area contributed by atoms with Crippen LogP contribution < -0.4 is 4.74 Å². The average molecular weight is 432 g/mol. The van der Waals surface area contributed by atoms with Gasteiger partial charge in [0.05, 0.1) is 12.5 Å². The molecule has 31 heavy (non-hydrogen) atoms. The van der Waals surface area contributed by atoms with Gasteiger partial charge in [-0.2, -0.15) is 0 Å². The molecule has 0 saturated carbocycles. The van der Waals surface area contributed by atoms with E-state index in [0.717, 1.165) is 6.92 Å². The Morgan fingerprint density at radius 1 is 1.06 bits per heavy atom. The number of carbonyl (C=O) groups excluding carboxylic acids is 3. The number of aromatic hydroxyl groups is 2. The fourth-order valence-electron chi connectivity index (χ4n) is 3.73. The first-order chi connectivity index (χ1) is 14.3. The van der Waals surface area contributed by atoms with Crippen LogP contribution in [-0.4, -0.2) is 44.9 Å². The highest BCUT2D eigenvalue weighted by molar-refractivity contribution is 6.23. The van der Waals surface area contributed by atoms with Crippen LogP contribution in [0.3, 0.4) is 0 Å². The molecule has 0 radical (unpaired) electrons. The Labute approximate surface area is 180 Å². The van der Waals surface area contributed by atoms with E-state index >= 15 is 0 Å². The van der Waals surface area contributed by atoms with Gasteiger partial charge in [-0.15, -0.1) is 0 Å². The summed E-state index contributed by atoms with van der Waals surface area (Å²) in [6.07, 6.45) is 0.292. The number of ketones is 3. The van der Waals surface area contributed by atoms with Crippen molar-refractivity contribution >= 4 is 17.3 Å². The van der Waals surface area contributed by atoms with E-state index in [1.54, 1.807) is 6.92 Å². The summed E-state index contributed by atoms with van der Waals surface area (Å²) in [4.78, 5) is 37.3. The van der Waals surface area contributed by atoms with Gasteiger partial charge < -0.3 is 25.2 Å². The molecule has 0 atom stereocenters. The van der Waals surface area contributed by atoms with Crippen molar-refractivity contribution in [2.45, 2.75) is 53.9 Å². The fourth-order valence-corrected chi connectivity index (χ4v) is 3.73. The second-order valence-electron chi connectivity index (χ2n) is 8.12. The molecule has 1 aliphatic rings. The zero-order valence-corrected chi connectivity index (χ0v) is 18.5. The van der Waals surface area contributed by atoms with Crippen LogP contribution in [0.4, 0.5) is 0 Å². The van der Waals surface area contributed by atoms with Crippen LogP contribution in [0.1, 0.15) is 62.0 Å². The lowest BCUT2D eigenvalue weighted by molar-refractivity contribution is -0.126. The number of aliphatic hydroxyl groups excluding tert-OH is 2. The summed E-state index contributed by atoms with van der Waals surface area (Å²) in [5.74, 6) is -3.87. The zero-order valence-electron chi connectivity index (χ0n) is 18.5. The molecule has 0 aromatic heterocycles. The molecule has 0 spiro atoms. The van der Waals surface area contributed by atoms with Gasteiger partial charge in [0, 0.05) is 29.5 Å². The van der Waals surface area contributed by atoms with Gasteiger partial charge in [-0.1, -0.05) is 6.92 Å². The number of rotatable bonds is 7. The molecule has 0 unspecified atom stereocenters. The van der Waals surface area contributed by atoms with E-state index in [0.29, 0.717) is 6.42 Å². The number of phenols is 2. The molecule has 1 aliphatic carbocycles. The maximum atomic E-state index is 12.6. The maximum absolute atomic E-state index is 12.6. The van der Waals surface area contributed by atoms with Gasteiger partial charge in [-0.05, 0) is 34.1 Å². The number of carbonyl (C=O) groups is 3. The summed E-state index contributed by atoms with van der Waals surface area (Å²) in [6, 6.07) is 0. The largest absolute Gasteiger partial charge is 0.511 e. The molecule has 168 valence electrons. The van der Waals surface area contributed by atoms with Crippen molar-refractivity contribution in [1.82, 2.24) is 0 Å². The van der Waals surface area contributed by atoms with Crippen molar-refractivity contribution in [2.24, 2.45) is 5.41 Å². The van der Waals surface area contributed by atoms with Crippen molar-refractivity contribution in [1.29, 1.82) is 0 Å². The molecule has 1 aromatic carbocycles. The van der Waals surface area contributed by atoms with Crippen molar-refractivity contribution in [3.63, 3.8) is 0 Å². The maximum Gasteiger partial charge on any atom is 0.183 e. The monoisotopic (exact) mass is 432 g/mol. The SMILES string of the molecule is CCCC(=O)c1c(O)c(C)c(O)c(CC2=C(O)C(C)(C)C(=O)C(C(C)=O)=C2O)c1OC. The molecular formula is C23H28O8. The Bertz CT molecular complexity index is 1040. The van der Waals surface area contributed by atoms with E-state index in [-0.39, 0.29) is 40.9 Å². The van der Waals surface area contributed by atoms with Gasteiger partial charge in [0.1, 0.15) is 39.9 Å². The van der Waals surface area contributed by atoms with Gasteiger partial charge in [0.2, 0.25) is 0 Å². The van der Waals surface area contributed by atoms with Crippen LogP contribution in [0.5, 0.6) is 17.2 Å². The molecule has 0 fully saturated rings. The number of hydrogen-bond acceptors (Lipinski definition) is 8. The molecule has 2 rings (SSSR count). The quantitative estimate of drug-likeness (QED) is 0.377. The lowest BCUT2D eigenvalue weighted by Gasteiger charge is -2.31. The summed E-state index contributed by atoms with van der Waals surface area (Å²) >= 11 is 0. The summed E-state index contributed by atoms with van der Waals surface area (Å²) in [5, 5.41) is 42.6. The predicted octanol–water partition coefficient (Wildman–Crippen LogP) is 3.76. The lowest BCUT2D eigenvalue weighted by Crippen LogP contribution is -2.36. The van der Waals surface area contributed by atoms with Crippen LogP contribution in [0, 0.1) is 12.3 Å². The Kier molecular flexibility index (Phi) is 6.54. The first-order valence-corrected chi connectivity index (χ1v) is 9.89. The minimum atomic E-state index is -1.49. The smallest absolute Gasteiger partial charge is 0.183 e. The first kappa shape index (κ1) is 24.0. The van der Waals surface area contributed by atoms with Crippen molar-refractivity contribution in [2.75, 3.05) is 7.11 Å². The topological polar surface area (TPSA) is 141 Å². The Hall–Kier alpha value is -3.29. The van der Waals surface area contributed by atoms with Crippen LogP contribution >= 0.6 is 0 Å². The summed E-state index contributed by atoms with van der Waals surface area (Å²) in [7, 11) is 1.26. The number of methoxy groups -OCH3 is 1. The Morgan fingerprint density at radius 3 is 2.13 bits per heavy atom. The molecular weight excluding hydrogens is 404 g/mol. The molecule has 0 bridgehead atoms. The van der Waals surface area contributed by atoms with Crippen molar-refractivity contribution in [3.8, 4) is 17.2 Å². The normalized spacial score (nSPS) is 16.0. The number of phenolic OH excluding ortho intramolecular Hbond substituents is 2. The van der Waals surface area contributed by atoms with Crippen molar-refractivity contribution < 1.29 is 39.5 Å². The summed E-state index contributed by atoms with van der Waals surface area (Å²) in [5.41, 5.74) is -2.15. The number of allylic oxidation sites excluding steroid dienone is 3. The van der Waals surface area contributed by atoms with Gasteiger partial charge >= 0.3 is 0 Å². The van der Waals surface area contributed by atoms with E-state index in [1.807, 2.05) is 0 Å². The van der Waals surface area contributed by atoms with E-state index in [2.05, 4.69) is 0 Å². The second-order valence-corrected chi connectivity index (χ2v) is 8.12. The third-order valence-electron chi connectivity index (χ3n) is 5.60. The predicted molar refractivity (Wildman–Crippen MR) is 113 cm³/mol. The Balaban J connectivity index is 2.84. The summed E-state index contributed by atoms with van der Waals surface area (Å²) in [6.45, 7) is 7.16. The number of benzene rings is 1. The standard InChI is InChI=1S/C23H28O8/c1-7-8-14(25)16-18(27)10(2)17(26)12(20(16)31-6)9-13-19(28)15(11(3)24)22(30)23(4,5)21(13)29/h26-29H,7-9H2,1-6H3. The number of ether oxygens (including phenoxy) is 1. The molecule has 0 aliphatic heterocycles. The van der Waals surface area contributed by atoms with E-state index in [9.17, 15) is 34.8 Å². The highest BCUT2D eigenvalue weighted by Crippen LogP contribution is 2.46. The van der Waals surface area contributed by atoms with Gasteiger partial charge in [-0.3, -0.25) is 14.4 Å². The van der Waals surface area contributed by atoms with Crippen LogP contribution in [-0.2, 0) is 16.0 Å².